The molecule has 3 aromatic rings. The molecule has 1 N–H and O–H groups in total. The normalized spacial score (nSPS) is 10.8. The Bertz CT molecular complexity index is 586. The van der Waals surface area contributed by atoms with Crippen molar-refractivity contribution in [2.75, 3.05) is 0 Å². The fourth-order valence-electron chi connectivity index (χ4n) is 1.46. The van der Waals surface area contributed by atoms with Crippen LogP contribution in [0.1, 0.15) is 5.89 Å². The van der Waals surface area contributed by atoms with Crippen molar-refractivity contribution < 1.29 is 9.15 Å². The van der Waals surface area contributed by atoms with Gasteiger partial charge in [-0.2, -0.15) is 0 Å². The molecule has 0 saturated heterocycles. The van der Waals surface area contributed by atoms with Gasteiger partial charge in [-0.05, 0) is 12.1 Å². The second-order valence-corrected chi connectivity index (χ2v) is 3.22. The van der Waals surface area contributed by atoms with Crippen LogP contribution < -0.4 is 4.74 Å². The minimum atomic E-state index is 0.291. The fraction of sp³-hybridized carbons (Fsp3) is 0.0909. The van der Waals surface area contributed by atoms with Crippen molar-refractivity contribution in [1.82, 2.24) is 15.0 Å². The second kappa shape index (κ2) is 3.69. The van der Waals surface area contributed by atoms with Crippen LogP contribution >= 0.6 is 0 Å². The van der Waals surface area contributed by atoms with Gasteiger partial charge in [-0.1, -0.05) is 6.07 Å². The van der Waals surface area contributed by atoms with E-state index < -0.39 is 0 Å². The molecule has 0 atom stereocenters. The number of aromatic amines is 1. The third kappa shape index (κ3) is 1.52. The highest BCUT2D eigenvalue weighted by molar-refractivity contribution is 5.80. The minimum absolute atomic E-state index is 0.291. The van der Waals surface area contributed by atoms with E-state index in [-0.39, 0.29) is 0 Å². The number of rotatable bonds is 3. The number of para-hydroxylation sites is 1. The van der Waals surface area contributed by atoms with E-state index in [2.05, 4.69) is 21.3 Å². The molecular formula is C11H8N3O2. The second-order valence-electron chi connectivity index (χ2n) is 3.22. The van der Waals surface area contributed by atoms with E-state index in [0.29, 0.717) is 18.2 Å². The molecule has 0 spiro atoms. The number of nitrogens with zero attached hydrogens (tertiary/aromatic N) is 2. The first kappa shape index (κ1) is 8.96. The summed E-state index contributed by atoms with van der Waals surface area (Å²) in [4.78, 5) is 10.9. The van der Waals surface area contributed by atoms with Gasteiger partial charge in [0.2, 0.25) is 5.89 Å². The molecule has 5 heteroatoms. The Morgan fingerprint density at radius 3 is 3.31 bits per heavy atom. The van der Waals surface area contributed by atoms with Crippen molar-refractivity contribution in [3.05, 3.63) is 42.9 Å². The van der Waals surface area contributed by atoms with Gasteiger partial charge >= 0.3 is 0 Å². The third-order valence-corrected chi connectivity index (χ3v) is 2.19. The lowest BCUT2D eigenvalue weighted by atomic mass is 10.3. The zero-order chi connectivity index (χ0) is 10.8. The van der Waals surface area contributed by atoms with Crippen LogP contribution in [0.5, 0.6) is 5.75 Å². The van der Waals surface area contributed by atoms with E-state index in [4.69, 9.17) is 9.15 Å². The molecule has 0 unspecified atom stereocenters. The Morgan fingerprint density at radius 2 is 2.44 bits per heavy atom. The van der Waals surface area contributed by atoms with Gasteiger partial charge in [0.15, 0.2) is 12.9 Å². The lowest BCUT2D eigenvalue weighted by Gasteiger charge is -2.03. The summed E-state index contributed by atoms with van der Waals surface area (Å²) in [5, 5.41) is 0. The fourth-order valence-corrected chi connectivity index (χ4v) is 1.46. The molecule has 0 aliphatic carbocycles. The summed E-state index contributed by atoms with van der Waals surface area (Å²) in [5.41, 5.74) is 1.65. The van der Waals surface area contributed by atoms with Gasteiger partial charge in [-0.15, -0.1) is 0 Å². The van der Waals surface area contributed by atoms with Gasteiger partial charge in [0, 0.05) is 0 Å². The van der Waals surface area contributed by atoms with Crippen LogP contribution in [0.15, 0.2) is 35.1 Å². The predicted octanol–water partition coefficient (Wildman–Crippen LogP) is 1.93. The molecule has 2 aromatic heterocycles. The van der Waals surface area contributed by atoms with E-state index >= 15 is 0 Å². The lowest BCUT2D eigenvalue weighted by Crippen LogP contribution is -1.95. The van der Waals surface area contributed by atoms with Crippen molar-refractivity contribution in [1.29, 1.82) is 0 Å². The summed E-state index contributed by atoms with van der Waals surface area (Å²) in [5.74, 6) is 1.23. The zero-order valence-electron chi connectivity index (χ0n) is 8.30. The highest BCUT2D eigenvalue weighted by atomic mass is 16.5. The molecule has 2 heterocycles. The van der Waals surface area contributed by atoms with E-state index in [0.717, 1.165) is 11.0 Å². The number of ether oxygens (including phenoxy) is 1. The van der Waals surface area contributed by atoms with E-state index in [1.807, 2.05) is 18.2 Å². The van der Waals surface area contributed by atoms with Crippen molar-refractivity contribution in [2.45, 2.75) is 6.61 Å². The molecule has 0 bridgehead atoms. The summed E-state index contributed by atoms with van der Waals surface area (Å²) >= 11 is 0. The van der Waals surface area contributed by atoms with Crippen molar-refractivity contribution >= 4 is 11.0 Å². The number of aromatic nitrogens is 3. The Morgan fingerprint density at radius 1 is 1.44 bits per heavy atom. The lowest BCUT2D eigenvalue weighted by molar-refractivity contribution is 0.265. The molecule has 3 rings (SSSR count). The zero-order valence-corrected chi connectivity index (χ0v) is 8.30. The molecule has 1 radical (unpaired) electrons. The first-order valence-corrected chi connectivity index (χ1v) is 4.79. The first-order valence-electron chi connectivity index (χ1n) is 4.79. The number of oxazole rings is 1. The molecule has 0 amide bonds. The maximum absolute atomic E-state index is 5.56. The number of imidazole rings is 1. The Hall–Kier alpha value is -2.30. The maximum Gasteiger partial charge on any atom is 0.232 e. The quantitative estimate of drug-likeness (QED) is 0.723. The van der Waals surface area contributed by atoms with Crippen LogP contribution in [0.3, 0.4) is 0 Å². The molecule has 0 saturated carbocycles. The molecule has 1 aromatic carbocycles. The summed E-state index contributed by atoms with van der Waals surface area (Å²) in [6, 6.07) is 5.65. The van der Waals surface area contributed by atoms with Gasteiger partial charge < -0.3 is 14.1 Å². The number of benzene rings is 1. The van der Waals surface area contributed by atoms with E-state index in [1.54, 1.807) is 6.20 Å². The summed E-state index contributed by atoms with van der Waals surface area (Å²) in [6.45, 7) is 0.291. The molecule has 16 heavy (non-hydrogen) atoms. The highest BCUT2D eigenvalue weighted by Gasteiger charge is 2.05. The van der Waals surface area contributed by atoms with E-state index in [9.17, 15) is 0 Å². The van der Waals surface area contributed by atoms with Crippen LogP contribution in [0.2, 0.25) is 0 Å². The van der Waals surface area contributed by atoms with Crippen LogP contribution in [0.4, 0.5) is 0 Å². The molecule has 0 fully saturated rings. The minimum Gasteiger partial charge on any atom is -0.482 e. The Labute approximate surface area is 91.1 Å². The monoisotopic (exact) mass is 214 g/mol. The third-order valence-electron chi connectivity index (χ3n) is 2.19. The van der Waals surface area contributed by atoms with Crippen LogP contribution in [0, 0.1) is 6.33 Å². The molecule has 0 aliphatic heterocycles. The first-order chi connectivity index (χ1) is 7.93. The smallest absolute Gasteiger partial charge is 0.232 e. The van der Waals surface area contributed by atoms with Gasteiger partial charge in [0.1, 0.15) is 17.5 Å². The van der Waals surface area contributed by atoms with Gasteiger partial charge in [-0.25, -0.2) is 9.97 Å². The Kier molecular flexibility index (Phi) is 2.07. The summed E-state index contributed by atoms with van der Waals surface area (Å²) < 4.78 is 10.6. The van der Waals surface area contributed by atoms with Crippen LogP contribution in [-0.2, 0) is 6.61 Å². The van der Waals surface area contributed by atoms with Crippen LogP contribution in [-0.4, -0.2) is 15.0 Å². The van der Waals surface area contributed by atoms with Crippen molar-refractivity contribution in [3.63, 3.8) is 0 Å². The topological polar surface area (TPSA) is 63.9 Å². The van der Waals surface area contributed by atoms with Crippen molar-refractivity contribution in [2.24, 2.45) is 0 Å². The van der Waals surface area contributed by atoms with Gasteiger partial charge in [-0.3, -0.25) is 0 Å². The molecule has 79 valence electrons. The standard InChI is InChI=1S/C11H8N3O2/c1-2-8-11(14-7-13-8)9(3-1)16-6-10-12-4-5-15-10/h1-5H,6H2,(H,13,14). The largest absolute Gasteiger partial charge is 0.482 e. The number of nitrogens with one attached hydrogen (secondary N) is 1. The molecular weight excluding hydrogens is 206 g/mol. The average Bonchev–Trinajstić information content (AvgIpc) is 2.97. The van der Waals surface area contributed by atoms with E-state index in [1.165, 1.54) is 6.26 Å². The van der Waals surface area contributed by atoms with Gasteiger partial charge in [0.25, 0.3) is 0 Å². The number of fused-ring (bicyclic) bond motifs is 1. The van der Waals surface area contributed by atoms with Gasteiger partial charge in [0.05, 0.1) is 11.7 Å². The predicted molar refractivity (Wildman–Crippen MR) is 55.8 cm³/mol. The number of H-pyrrole nitrogens is 1. The number of hydrogen-bond acceptors (Lipinski definition) is 4. The SMILES string of the molecule is [c]1nc2c(OCc3ncco3)cccc2[nH]1. The maximum atomic E-state index is 5.56. The highest BCUT2D eigenvalue weighted by Crippen LogP contribution is 2.22. The van der Waals surface area contributed by atoms with Crippen molar-refractivity contribution in [3.8, 4) is 5.75 Å². The molecule has 0 aliphatic rings. The summed E-state index contributed by atoms with van der Waals surface area (Å²) in [7, 11) is 0. The van der Waals surface area contributed by atoms with Crippen LogP contribution in [0.25, 0.3) is 11.0 Å². The Balaban J connectivity index is 1.86. The summed E-state index contributed by atoms with van der Waals surface area (Å²) in [6.07, 6.45) is 5.78. The molecule has 5 nitrogen and oxygen atoms in total. The number of hydrogen-bond donors (Lipinski definition) is 1. The average molecular weight is 214 g/mol.